The fourth-order valence-corrected chi connectivity index (χ4v) is 3.60. The first-order chi connectivity index (χ1) is 13.0. The molecular weight excluding hydrogens is 345 g/mol. The van der Waals surface area contributed by atoms with Gasteiger partial charge in [0.1, 0.15) is 5.82 Å². The molecule has 1 saturated carbocycles. The number of halogens is 1. The second-order valence-electron chi connectivity index (χ2n) is 7.00. The van der Waals surface area contributed by atoms with Crippen molar-refractivity contribution < 1.29 is 9.18 Å². The molecule has 0 radical (unpaired) electrons. The van der Waals surface area contributed by atoms with E-state index in [1.165, 1.54) is 12.1 Å². The summed E-state index contributed by atoms with van der Waals surface area (Å²) in [6, 6.07) is 13.9. The summed E-state index contributed by atoms with van der Waals surface area (Å²) < 4.78 is 15.1. The Morgan fingerprint density at radius 3 is 2.56 bits per heavy atom. The number of pyridine rings is 1. The molecule has 1 aliphatic carbocycles. The largest absolute Gasteiger partial charge is 0.345 e. The third-order valence-corrected chi connectivity index (χ3v) is 5.20. The van der Waals surface area contributed by atoms with Crippen LogP contribution in [0.3, 0.4) is 0 Å². The average molecular weight is 365 g/mol. The summed E-state index contributed by atoms with van der Waals surface area (Å²) in [7, 11) is 0. The summed E-state index contributed by atoms with van der Waals surface area (Å²) in [5.41, 5.74) is 0.910. The van der Waals surface area contributed by atoms with Crippen LogP contribution in [-0.2, 0) is 0 Å². The number of nitrogens with one attached hydrogen (secondary N) is 1. The Morgan fingerprint density at radius 2 is 1.89 bits per heavy atom. The van der Waals surface area contributed by atoms with Crippen LogP contribution in [0, 0.1) is 18.7 Å². The van der Waals surface area contributed by atoms with E-state index < -0.39 is 11.4 Å². The molecule has 1 fully saturated rings. The molecule has 3 aromatic rings. The van der Waals surface area contributed by atoms with E-state index >= 15 is 0 Å². The van der Waals surface area contributed by atoms with Crippen molar-refractivity contribution in [1.82, 2.24) is 9.99 Å². The summed E-state index contributed by atoms with van der Waals surface area (Å²) in [5, 5.41) is 3.19. The summed E-state index contributed by atoms with van der Waals surface area (Å²) >= 11 is 0. The van der Waals surface area contributed by atoms with Crippen molar-refractivity contribution in [3.63, 3.8) is 0 Å². The molecule has 138 valence electrons. The van der Waals surface area contributed by atoms with Crippen molar-refractivity contribution in [2.24, 2.45) is 5.92 Å². The van der Waals surface area contributed by atoms with Gasteiger partial charge < -0.3 is 11.2 Å². The summed E-state index contributed by atoms with van der Waals surface area (Å²) in [5.74, 6) is 5.16. The van der Waals surface area contributed by atoms with Crippen molar-refractivity contribution in [2.75, 3.05) is 5.84 Å². The van der Waals surface area contributed by atoms with E-state index in [4.69, 9.17) is 5.84 Å². The highest BCUT2D eigenvalue weighted by Gasteiger charge is 2.34. The van der Waals surface area contributed by atoms with Crippen molar-refractivity contribution in [3.8, 4) is 0 Å². The van der Waals surface area contributed by atoms with Crippen LogP contribution in [0.15, 0.2) is 53.3 Å². The Hall–Kier alpha value is -3.15. The maximum Gasteiger partial charge on any atom is 0.279 e. The van der Waals surface area contributed by atoms with Gasteiger partial charge in [-0.3, -0.25) is 9.59 Å². The molecule has 27 heavy (non-hydrogen) atoms. The number of carbonyl (C=O) groups is 1. The van der Waals surface area contributed by atoms with Gasteiger partial charge in [0.2, 0.25) is 0 Å². The zero-order valence-electron chi connectivity index (χ0n) is 14.9. The van der Waals surface area contributed by atoms with Crippen LogP contribution in [0.2, 0.25) is 0 Å². The molecule has 4 rings (SSSR count). The van der Waals surface area contributed by atoms with Crippen LogP contribution in [-0.4, -0.2) is 10.6 Å². The number of nitrogen functional groups attached to an aromatic ring is 1. The van der Waals surface area contributed by atoms with E-state index in [1.54, 1.807) is 13.0 Å². The maximum absolute atomic E-state index is 14.3. The molecule has 1 unspecified atom stereocenters. The first-order valence-corrected chi connectivity index (χ1v) is 8.93. The van der Waals surface area contributed by atoms with E-state index in [0.29, 0.717) is 11.6 Å². The van der Waals surface area contributed by atoms with Gasteiger partial charge in [-0.1, -0.05) is 42.5 Å². The molecule has 5 nitrogen and oxygen atoms in total. The molecule has 0 spiro atoms. The van der Waals surface area contributed by atoms with Crippen LogP contribution in [0.25, 0.3) is 10.8 Å². The Labute approximate surface area is 155 Å². The van der Waals surface area contributed by atoms with Gasteiger partial charge in [-0.05, 0) is 37.3 Å². The Kier molecular flexibility index (Phi) is 4.18. The minimum Gasteiger partial charge on any atom is -0.345 e. The number of fused-ring (bicyclic) bond motifs is 1. The quantitative estimate of drug-likeness (QED) is 0.698. The van der Waals surface area contributed by atoms with Gasteiger partial charge in [0.15, 0.2) is 0 Å². The molecule has 1 aliphatic rings. The van der Waals surface area contributed by atoms with Crippen LogP contribution in [0.1, 0.15) is 40.5 Å². The van der Waals surface area contributed by atoms with E-state index in [0.717, 1.165) is 23.1 Å². The molecule has 3 N–H and O–H groups in total. The normalized spacial score (nSPS) is 14.9. The number of rotatable bonds is 4. The highest BCUT2D eigenvalue weighted by atomic mass is 19.1. The number of hydrogen-bond donors (Lipinski definition) is 2. The number of carbonyl (C=O) groups excluding carboxylic acids is 1. The van der Waals surface area contributed by atoms with Gasteiger partial charge in [0.25, 0.3) is 11.5 Å². The fourth-order valence-electron chi connectivity index (χ4n) is 3.60. The molecule has 2 aromatic carbocycles. The van der Waals surface area contributed by atoms with Gasteiger partial charge in [0.05, 0.1) is 22.7 Å². The zero-order valence-corrected chi connectivity index (χ0v) is 14.9. The third kappa shape index (κ3) is 2.97. The lowest BCUT2D eigenvalue weighted by Gasteiger charge is -2.21. The second kappa shape index (κ2) is 6.54. The smallest absolute Gasteiger partial charge is 0.279 e. The third-order valence-electron chi connectivity index (χ3n) is 5.20. The van der Waals surface area contributed by atoms with Crippen molar-refractivity contribution in [2.45, 2.75) is 25.8 Å². The number of nitrogens with zero attached hydrogens (tertiary/aromatic N) is 1. The lowest BCUT2D eigenvalue weighted by molar-refractivity contribution is 0.0932. The molecule has 6 heteroatoms. The Balaban J connectivity index is 1.81. The molecule has 1 aromatic heterocycles. The van der Waals surface area contributed by atoms with Crippen molar-refractivity contribution in [1.29, 1.82) is 0 Å². The zero-order chi connectivity index (χ0) is 19.1. The van der Waals surface area contributed by atoms with Crippen LogP contribution in [0.4, 0.5) is 4.39 Å². The lowest BCUT2D eigenvalue weighted by Crippen LogP contribution is -2.36. The number of aromatic nitrogens is 1. The Bertz CT molecular complexity index is 1090. The monoisotopic (exact) mass is 365 g/mol. The van der Waals surface area contributed by atoms with Crippen LogP contribution in [0.5, 0.6) is 0 Å². The van der Waals surface area contributed by atoms with Crippen LogP contribution >= 0.6 is 0 Å². The van der Waals surface area contributed by atoms with E-state index in [9.17, 15) is 14.0 Å². The standard InChI is InChI=1S/C21H20FN3O2/c1-12-17(15-8-5-9-16(22)18(15)21(27)25(12)23)20(26)24-19(14-10-11-14)13-6-3-2-4-7-13/h2-9,14,19H,10-11,23H2,1H3,(H,24,26). The molecule has 0 aliphatic heterocycles. The molecule has 1 heterocycles. The molecular formula is C21H20FN3O2. The second-order valence-corrected chi connectivity index (χ2v) is 7.00. The van der Waals surface area contributed by atoms with Crippen molar-refractivity contribution in [3.05, 3.63) is 81.5 Å². The average Bonchev–Trinajstić information content (AvgIpc) is 3.50. The highest BCUT2D eigenvalue weighted by Crippen LogP contribution is 2.41. The highest BCUT2D eigenvalue weighted by molar-refractivity contribution is 6.08. The van der Waals surface area contributed by atoms with Gasteiger partial charge in [-0.2, -0.15) is 0 Å². The lowest BCUT2D eigenvalue weighted by atomic mass is 9.99. The molecule has 1 atom stereocenters. The summed E-state index contributed by atoms with van der Waals surface area (Å²) in [4.78, 5) is 25.5. The number of hydrogen-bond acceptors (Lipinski definition) is 3. The van der Waals surface area contributed by atoms with E-state index in [1.807, 2.05) is 30.3 Å². The van der Waals surface area contributed by atoms with Gasteiger partial charge >= 0.3 is 0 Å². The predicted octanol–water partition coefficient (Wildman–Crippen LogP) is 3.04. The SMILES string of the molecule is Cc1c(C(=O)NC(c2ccccc2)C2CC2)c2cccc(F)c2c(=O)n1N. The van der Waals surface area contributed by atoms with Gasteiger partial charge in [0, 0.05) is 5.39 Å². The summed E-state index contributed by atoms with van der Waals surface area (Å²) in [6.45, 7) is 1.59. The topological polar surface area (TPSA) is 77.1 Å². The first-order valence-electron chi connectivity index (χ1n) is 8.93. The number of amides is 1. The Morgan fingerprint density at radius 1 is 1.19 bits per heavy atom. The number of nitrogens with two attached hydrogens (primary N) is 1. The van der Waals surface area contributed by atoms with Crippen LogP contribution < -0.4 is 16.7 Å². The van der Waals surface area contributed by atoms with Gasteiger partial charge in [-0.25, -0.2) is 9.07 Å². The minimum atomic E-state index is -0.687. The fraction of sp³-hybridized carbons (Fsp3) is 0.238. The van der Waals surface area contributed by atoms with E-state index in [-0.39, 0.29) is 28.3 Å². The number of benzene rings is 2. The molecule has 0 bridgehead atoms. The van der Waals surface area contributed by atoms with Crippen molar-refractivity contribution >= 4 is 16.7 Å². The first kappa shape index (κ1) is 17.3. The minimum absolute atomic E-state index is 0.125. The van der Waals surface area contributed by atoms with Gasteiger partial charge in [-0.15, -0.1) is 0 Å². The maximum atomic E-state index is 14.3. The molecule has 1 amide bonds. The summed E-state index contributed by atoms with van der Waals surface area (Å²) in [6.07, 6.45) is 2.09. The predicted molar refractivity (Wildman–Crippen MR) is 102 cm³/mol. The molecule has 0 saturated heterocycles. The van der Waals surface area contributed by atoms with E-state index in [2.05, 4.69) is 5.32 Å².